The van der Waals surface area contributed by atoms with E-state index < -0.39 is 0 Å². The van der Waals surface area contributed by atoms with E-state index in [0.29, 0.717) is 11.9 Å². The molecule has 2 unspecified atom stereocenters. The summed E-state index contributed by atoms with van der Waals surface area (Å²) in [5, 5.41) is 3.43. The smallest absolute Gasteiger partial charge is 0.227 e. The number of hydrogen-bond acceptors (Lipinski definition) is 3. The Morgan fingerprint density at radius 1 is 1.10 bits per heavy atom. The highest BCUT2D eigenvalue weighted by Crippen LogP contribution is 2.20. The van der Waals surface area contributed by atoms with Crippen molar-refractivity contribution in [1.82, 2.24) is 10.2 Å². The van der Waals surface area contributed by atoms with E-state index in [0.717, 1.165) is 45.6 Å². The second kappa shape index (κ2) is 6.48. The number of anilines is 1. The summed E-state index contributed by atoms with van der Waals surface area (Å²) < 4.78 is 0. The maximum Gasteiger partial charge on any atom is 0.227 e. The summed E-state index contributed by atoms with van der Waals surface area (Å²) in [5.74, 6) is 0.534. The Labute approximate surface area is 127 Å². The molecular formula is C17H25N3O. The van der Waals surface area contributed by atoms with Gasteiger partial charge in [0.25, 0.3) is 0 Å². The number of amides is 1. The number of carbonyl (C=O) groups excluding carboxylic acids is 1. The summed E-state index contributed by atoms with van der Waals surface area (Å²) >= 11 is 0. The molecule has 2 atom stereocenters. The molecule has 0 saturated carbocycles. The van der Waals surface area contributed by atoms with E-state index in [4.69, 9.17) is 0 Å². The second-order valence-corrected chi connectivity index (χ2v) is 6.23. The number of rotatable bonds is 2. The molecular weight excluding hydrogens is 262 g/mol. The van der Waals surface area contributed by atoms with Gasteiger partial charge in [-0.3, -0.25) is 4.79 Å². The lowest BCUT2D eigenvalue weighted by Crippen LogP contribution is -2.52. The molecule has 1 N–H and O–H groups in total. The molecule has 0 radical (unpaired) electrons. The Morgan fingerprint density at radius 3 is 2.43 bits per heavy atom. The number of hydrogen-bond donors (Lipinski definition) is 1. The van der Waals surface area contributed by atoms with E-state index in [1.807, 2.05) is 6.07 Å². The van der Waals surface area contributed by atoms with E-state index in [9.17, 15) is 4.79 Å². The van der Waals surface area contributed by atoms with E-state index in [-0.39, 0.29) is 5.92 Å². The van der Waals surface area contributed by atoms with Gasteiger partial charge in [-0.05, 0) is 31.9 Å². The molecule has 4 nitrogen and oxygen atoms in total. The zero-order chi connectivity index (χ0) is 14.7. The summed E-state index contributed by atoms with van der Waals surface area (Å²) in [6.45, 7) is 6.61. The highest BCUT2D eigenvalue weighted by atomic mass is 16.2. The van der Waals surface area contributed by atoms with E-state index in [2.05, 4.69) is 46.3 Å². The molecule has 1 amide bonds. The molecule has 1 aromatic carbocycles. The van der Waals surface area contributed by atoms with Gasteiger partial charge in [0.15, 0.2) is 0 Å². The van der Waals surface area contributed by atoms with Crippen molar-refractivity contribution in [2.24, 2.45) is 5.92 Å². The molecule has 2 aliphatic heterocycles. The SMILES string of the molecule is CC1CCC(C(=O)N2CCN(c3ccccc3)CC2)CN1. The lowest BCUT2D eigenvalue weighted by molar-refractivity contribution is -0.136. The first-order chi connectivity index (χ1) is 10.2. The minimum absolute atomic E-state index is 0.185. The van der Waals surface area contributed by atoms with Crippen molar-refractivity contribution in [2.45, 2.75) is 25.8 Å². The molecule has 4 heteroatoms. The molecule has 0 aliphatic carbocycles. The number of benzene rings is 1. The average Bonchev–Trinajstić information content (AvgIpc) is 2.56. The van der Waals surface area contributed by atoms with Crippen LogP contribution in [0.15, 0.2) is 30.3 Å². The molecule has 2 heterocycles. The van der Waals surface area contributed by atoms with Gasteiger partial charge in [0.2, 0.25) is 5.91 Å². The highest BCUT2D eigenvalue weighted by molar-refractivity contribution is 5.79. The van der Waals surface area contributed by atoms with Gasteiger partial charge in [-0.1, -0.05) is 18.2 Å². The maximum atomic E-state index is 12.6. The zero-order valence-corrected chi connectivity index (χ0v) is 12.8. The minimum atomic E-state index is 0.185. The largest absolute Gasteiger partial charge is 0.368 e. The number of nitrogens with one attached hydrogen (secondary N) is 1. The molecule has 2 aliphatic rings. The first-order valence-electron chi connectivity index (χ1n) is 8.06. The molecule has 0 spiro atoms. The van der Waals surface area contributed by atoms with Crippen molar-refractivity contribution in [3.63, 3.8) is 0 Å². The van der Waals surface area contributed by atoms with Crippen LogP contribution >= 0.6 is 0 Å². The minimum Gasteiger partial charge on any atom is -0.368 e. The summed E-state index contributed by atoms with van der Waals surface area (Å²) in [5.41, 5.74) is 1.26. The Morgan fingerprint density at radius 2 is 1.81 bits per heavy atom. The van der Waals surface area contributed by atoms with Crippen LogP contribution < -0.4 is 10.2 Å². The van der Waals surface area contributed by atoms with Crippen molar-refractivity contribution in [3.05, 3.63) is 30.3 Å². The number of para-hydroxylation sites is 1. The van der Waals surface area contributed by atoms with Crippen LogP contribution in [-0.4, -0.2) is 49.6 Å². The molecule has 3 rings (SSSR count). The van der Waals surface area contributed by atoms with Crippen LogP contribution in [0.5, 0.6) is 0 Å². The topological polar surface area (TPSA) is 35.6 Å². The van der Waals surface area contributed by atoms with Crippen molar-refractivity contribution in [3.8, 4) is 0 Å². The van der Waals surface area contributed by atoms with Gasteiger partial charge in [0, 0.05) is 44.5 Å². The van der Waals surface area contributed by atoms with Crippen molar-refractivity contribution >= 4 is 11.6 Å². The lowest BCUT2D eigenvalue weighted by Gasteiger charge is -2.38. The standard InChI is InChI=1S/C17H25N3O/c1-14-7-8-15(13-18-14)17(21)20-11-9-19(10-12-20)16-5-3-2-4-6-16/h2-6,14-15,18H,7-13H2,1H3. The Balaban J connectivity index is 1.52. The van der Waals surface area contributed by atoms with E-state index in [1.54, 1.807) is 0 Å². The summed E-state index contributed by atoms with van der Waals surface area (Å²) in [4.78, 5) is 17.0. The third kappa shape index (κ3) is 3.38. The van der Waals surface area contributed by atoms with Crippen LogP contribution in [0.1, 0.15) is 19.8 Å². The predicted molar refractivity (Wildman–Crippen MR) is 85.4 cm³/mol. The molecule has 1 aromatic rings. The van der Waals surface area contributed by atoms with Gasteiger partial charge in [0.1, 0.15) is 0 Å². The summed E-state index contributed by atoms with van der Waals surface area (Å²) in [7, 11) is 0. The lowest BCUT2D eigenvalue weighted by atomic mass is 9.94. The van der Waals surface area contributed by atoms with Gasteiger partial charge in [-0.15, -0.1) is 0 Å². The fraction of sp³-hybridized carbons (Fsp3) is 0.588. The fourth-order valence-corrected chi connectivity index (χ4v) is 3.29. The average molecular weight is 287 g/mol. The molecule has 2 saturated heterocycles. The van der Waals surface area contributed by atoms with Crippen LogP contribution in [0.3, 0.4) is 0 Å². The number of nitrogens with zero attached hydrogens (tertiary/aromatic N) is 2. The first-order valence-corrected chi connectivity index (χ1v) is 8.06. The summed E-state index contributed by atoms with van der Waals surface area (Å²) in [6.07, 6.45) is 2.15. The van der Waals surface area contributed by atoms with Crippen molar-refractivity contribution < 1.29 is 4.79 Å². The van der Waals surface area contributed by atoms with Gasteiger partial charge in [-0.25, -0.2) is 0 Å². The quantitative estimate of drug-likeness (QED) is 0.900. The van der Waals surface area contributed by atoms with Crippen molar-refractivity contribution in [1.29, 1.82) is 0 Å². The Bertz CT molecular complexity index is 460. The zero-order valence-electron chi connectivity index (χ0n) is 12.8. The fourth-order valence-electron chi connectivity index (χ4n) is 3.29. The summed E-state index contributed by atoms with van der Waals surface area (Å²) in [6, 6.07) is 11.0. The number of piperidine rings is 1. The molecule has 0 aromatic heterocycles. The van der Waals surface area contributed by atoms with Gasteiger partial charge < -0.3 is 15.1 Å². The van der Waals surface area contributed by atoms with Gasteiger partial charge in [-0.2, -0.15) is 0 Å². The van der Waals surface area contributed by atoms with Crippen LogP contribution in [0.4, 0.5) is 5.69 Å². The van der Waals surface area contributed by atoms with Gasteiger partial charge in [0.05, 0.1) is 5.92 Å². The third-order valence-corrected chi connectivity index (χ3v) is 4.72. The van der Waals surface area contributed by atoms with Crippen LogP contribution in [0, 0.1) is 5.92 Å². The van der Waals surface area contributed by atoms with Crippen LogP contribution in [-0.2, 0) is 4.79 Å². The van der Waals surface area contributed by atoms with E-state index >= 15 is 0 Å². The van der Waals surface area contributed by atoms with Crippen LogP contribution in [0.2, 0.25) is 0 Å². The molecule has 114 valence electrons. The van der Waals surface area contributed by atoms with Crippen LogP contribution in [0.25, 0.3) is 0 Å². The second-order valence-electron chi connectivity index (χ2n) is 6.23. The van der Waals surface area contributed by atoms with E-state index in [1.165, 1.54) is 5.69 Å². The normalized spacial score (nSPS) is 26.7. The highest BCUT2D eigenvalue weighted by Gasteiger charge is 2.29. The number of piperazine rings is 1. The maximum absolute atomic E-state index is 12.6. The molecule has 2 fully saturated rings. The monoisotopic (exact) mass is 287 g/mol. The number of carbonyl (C=O) groups is 1. The Hall–Kier alpha value is -1.55. The molecule has 0 bridgehead atoms. The van der Waals surface area contributed by atoms with Crippen molar-refractivity contribution in [2.75, 3.05) is 37.6 Å². The predicted octanol–water partition coefficient (Wildman–Crippen LogP) is 1.72. The van der Waals surface area contributed by atoms with Gasteiger partial charge >= 0.3 is 0 Å². The first kappa shape index (κ1) is 14.4. The molecule has 21 heavy (non-hydrogen) atoms. The Kier molecular flexibility index (Phi) is 4.44. The third-order valence-electron chi connectivity index (χ3n) is 4.72.